The van der Waals surface area contributed by atoms with Crippen molar-refractivity contribution in [2.45, 2.75) is 0 Å². The van der Waals surface area contributed by atoms with Crippen molar-refractivity contribution in [3.8, 4) is 4.97 Å². The molecule has 0 heterocycles. The van der Waals surface area contributed by atoms with Crippen LogP contribution in [0.15, 0.2) is 24.3 Å². The van der Waals surface area contributed by atoms with Gasteiger partial charge in [0.1, 0.15) is 0 Å². The maximum atomic E-state index is 10.3. The fourth-order valence-electron chi connectivity index (χ4n) is 0.694. The van der Waals surface area contributed by atoms with Crippen molar-refractivity contribution in [2.75, 3.05) is 0 Å². The van der Waals surface area contributed by atoms with Gasteiger partial charge in [-0.05, 0) is 0 Å². The van der Waals surface area contributed by atoms with Crippen LogP contribution in [0.2, 0.25) is 0 Å². The summed E-state index contributed by atoms with van der Waals surface area (Å²) in [7, 11) is 0. The average molecular weight is 228 g/mol. The quantitative estimate of drug-likeness (QED) is 0.584. The van der Waals surface area contributed by atoms with Gasteiger partial charge in [0.2, 0.25) is 0 Å². The fourth-order valence-corrected chi connectivity index (χ4v) is 1.49. The van der Waals surface area contributed by atoms with E-state index in [1.807, 2.05) is 4.97 Å². The molecule has 1 aromatic rings. The molecule has 0 saturated carbocycles. The molecule has 0 unspecified atom stereocenters. The van der Waals surface area contributed by atoms with Crippen molar-refractivity contribution in [2.24, 2.45) is 0 Å². The van der Waals surface area contributed by atoms with Crippen LogP contribution in [-0.4, -0.2) is 25.1 Å². The fraction of sp³-hybridized carbons (Fsp3) is 0. The first-order valence-corrected chi connectivity index (χ1v) is 4.77. The van der Waals surface area contributed by atoms with Gasteiger partial charge in [-0.2, -0.15) is 0 Å². The maximum absolute atomic E-state index is 10.3. The monoisotopic (exact) mass is 229 g/mol. The number of hydrogen-bond donors (Lipinski definition) is 1. The van der Waals surface area contributed by atoms with Gasteiger partial charge >= 0.3 is 74.6 Å². The van der Waals surface area contributed by atoms with E-state index in [0.29, 0.717) is 0 Å². The Bertz CT molecular complexity index is 328. The molecule has 0 spiro atoms. The van der Waals surface area contributed by atoms with Crippen molar-refractivity contribution in [3.63, 3.8) is 0 Å². The number of benzene rings is 1. The van der Waals surface area contributed by atoms with E-state index >= 15 is 0 Å². The van der Waals surface area contributed by atoms with E-state index in [1.165, 1.54) is 12.1 Å². The van der Waals surface area contributed by atoms with Gasteiger partial charge in [-0.3, -0.25) is 0 Å². The molecule has 5 heteroatoms. The Labute approximate surface area is 75.1 Å². The predicted molar refractivity (Wildman–Crippen MR) is 42.5 cm³/mol. The number of nitriles is 1. The van der Waals surface area contributed by atoms with E-state index in [4.69, 9.17) is 10.5 Å². The summed E-state index contributed by atoms with van der Waals surface area (Å²) in [5.74, 6) is 0. The molecule has 1 N–H and O–H groups in total. The van der Waals surface area contributed by atoms with Gasteiger partial charge in [0.15, 0.2) is 0 Å². The van der Waals surface area contributed by atoms with Crippen LogP contribution < -0.4 is 4.46 Å². The second-order valence-electron chi connectivity index (χ2n) is 1.96. The zero-order chi connectivity index (χ0) is 8.97. The van der Waals surface area contributed by atoms with Gasteiger partial charge in [-0.15, -0.1) is 0 Å². The van der Waals surface area contributed by atoms with Crippen LogP contribution >= 0.6 is 0 Å². The minimum absolute atomic E-state index is 0.174. The van der Waals surface area contributed by atoms with Gasteiger partial charge < -0.3 is 0 Å². The molecule has 0 aliphatic heterocycles. The van der Waals surface area contributed by atoms with Crippen LogP contribution in [0.1, 0.15) is 0 Å². The van der Waals surface area contributed by atoms with Crippen molar-refractivity contribution in [1.29, 1.82) is 5.26 Å². The third kappa shape index (κ3) is 2.06. The molecule has 1 aromatic carbocycles. The van der Waals surface area contributed by atoms with Gasteiger partial charge in [0.25, 0.3) is 0 Å². The van der Waals surface area contributed by atoms with E-state index < -0.39 is 0 Å². The Morgan fingerprint density at radius 1 is 1.42 bits per heavy atom. The van der Waals surface area contributed by atoms with Crippen molar-refractivity contribution in [1.82, 2.24) is 0 Å². The first kappa shape index (κ1) is 8.72. The van der Waals surface area contributed by atoms with E-state index in [9.17, 15) is 4.91 Å². The molecule has 0 amide bonds. The standard InChI is InChI=1S/C7H5N2O2Se/c8-5-12-7-3-1-6(2-4-7)9(10)11/h1-4H,(H,10,11)/q+1. The molecule has 0 saturated heterocycles. The Morgan fingerprint density at radius 2 is 2.00 bits per heavy atom. The Morgan fingerprint density at radius 3 is 2.42 bits per heavy atom. The first-order valence-electron chi connectivity index (χ1n) is 3.06. The van der Waals surface area contributed by atoms with E-state index in [0.717, 1.165) is 4.46 Å². The third-order valence-electron chi connectivity index (χ3n) is 1.22. The zero-order valence-electron chi connectivity index (χ0n) is 5.97. The van der Waals surface area contributed by atoms with Crippen LogP contribution in [0, 0.1) is 15.1 Å². The topological polar surface area (TPSA) is 64.1 Å². The summed E-state index contributed by atoms with van der Waals surface area (Å²) in [6.45, 7) is 0. The predicted octanol–water partition coefficient (Wildman–Crippen LogP) is 0.297. The van der Waals surface area contributed by atoms with E-state index in [-0.39, 0.29) is 25.6 Å². The Kier molecular flexibility index (Phi) is 2.81. The molecular weight excluding hydrogens is 223 g/mol. The molecule has 0 radical (unpaired) electrons. The molecule has 1 rings (SSSR count). The van der Waals surface area contributed by atoms with E-state index in [1.54, 1.807) is 12.1 Å². The molecule has 12 heavy (non-hydrogen) atoms. The van der Waals surface area contributed by atoms with Crippen LogP contribution in [-0.2, 0) is 0 Å². The summed E-state index contributed by atoms with van der Waals surface area (Å²) >= 11 is -0.207. The molecule has 0 fully saturated rings. The van der Waals surface area contributed by atoms with Crippen molar-refractivity contribution in [3.05, 3.63) is 29.2 Å². The molecule has 4 nitrogen and oxygen atoms in total. The number of rotatable bonds is 2. The molecule has 0 aliphatic rings. The summed E-state index contributed by atoms with van der Waals surface area (Å²) in [5, 5.41) is 16.8. The summed E-state index contributed by atoms with van der Waals surface area (Å²) in [6, 6.07) is 6.25. The molecule has 0 aliphatic carbocycles. The summed E-state index contributed by atoms with van der Waals surface area (Å²) in [6.07, 6.45) is 0. The summed E-state index contributed by atoms with van der Waals surface area (Å²) in [4.78, 5) is 12.2. The van der Waals surface area contributed by atoms with E-state index in [2.05, 4.69) is 0 Å². The number of nitrogens with zero attached hydrogens (tertiary/aromatic N) is 2. The zero-order valence-corrected chi connectivity index (χ0v) is 7.68. The normalized spacial score (nSPS) is 8.92. The molecule has 0 atom stereocenters. The molecule has 0 aromatic heterocycles. The van der Waals surface area contributed by atoms with Crippen LogP contribution in [0.3, 0.4) is 0 Å². The minimum atomic E-state index is -0.207. The van der Waals surface area contributed by atoms with Crippen LogP contribution in [0.5, 0.6) is 0 Å². The van der Waals surface area contributed by atoms with Crippen molar-refractivity contribution < 1.29 is 10.1 Å². The third-order valence-corrected chi connectivity index (χ3v) is 2.48. The van der Waals surface area contributed by atoms with Gasteiger partial charge in [-0.25, -0.2) is 0 Å². The van der Waals surface area contributed by atoms with Gasteiger partial charge in [0.05, 0.1) is 0 Å². The van der Waals surface area contributed by atoms with Gasteiger partial charge in [-0.1, -0.05) is 0 Å². The number of hydrogen-bond acceptors (Lipinski definition) is 2. The van der Waals surface area contributed by atoms with Crippen LogP contribution in [0.4, 0.5) is 5.69 Å². The van der Waals surface area contributed by atoms with Crippen molar-refractivity contribution >= 4 is 25.1 Å². The van der Waals surface area contributed by atoms with Gasteiger partial charge in [0, 0.05) is 0 Å². The molecule has 0 bridgehead atoms. The SMILES string of the molecule is N#C[Se]c1ccc([N+](=O)O)cc1. The molecular formula is C7H5N2O2Se+. The first-order chi connectivity index (χ1) is 5.74. The summed E-state index contributed by atoms with van der Waals surface area (Å²) < 4.78 is 0.885. The van der Waals surface area contributed by atoms with Crippen LogP contribution in [0.25, 0.3) is 0 Å². The Balaban J connectivity index is 2.87. The Hall–Kier alpha value is -1.37. The average Bonchev–Trinajstić information content (AvgIpc) is 2.06. The second kappa shape index (κ2) is 3.86. The second-order valence-corrected chi connectivity index (χ2v) is 3.76. The molecule has 60 valence electrons. The summed E-state index contributed by atoms with van der Waals surface area (Å²) in [5.41, 5.74) is 0.174.